The van der Waals surface area contributed by atoms with Crippen molar-refractivity contribution in [1.29, 1.82) is 0 Å². The lowest BCUT2D eigenvalue weighted by atomic mass is 10.0. The summed E-state index contributed by atoms with van der Waals surface area (Å²) in [6, 6.07) is 5.94. The highest BCUT2D eigenvalue weighted by atomic mass is 32.1. The predicted octanol–water partition coefficient (Wildman–Crippen LogP) is 2.44. The fraction of sp³-hybridized carbons (Fsp3) is 0.471. The van der Waals surface area contributed by atoms with Gasteiger partial charge in [-0.1, -0.05) is 6.07 Å². The van der Waals surface area contributed by atoms with Gasteiger partial charge in [-0.05, 0) is 37.3 Å². The van der Waals surface area contributed by atoms with Crippen LogP contribution in [0.1, 0.15) is 35.0 Å². The van der Waals surface area contributed by atoms with Crippen molar-refractivity contribution in [2.75, 3.05) is 19.6 Å². The number of thiophene rings is 1. The van der Waals surface area contributed by atoms with Crippen LogP contribution in [-0.2, 0) is 5.60 Å². The summed E-state index contributed by atoms with van der Waals surface area (Å²) >= 11 is 1.57. The third-order valence-corrected chi connectivity index (χ3v) is 5.46. The van der Waals surface area contributed by atoms with E-state index in [1.54, 1.807) is 17.4 Å². The standard InChI is InChI=1S/C17H22N2O3S/c1-17(21,15-3-2-10-23-15)12-18-14-4-7-19(8-5-14)16(20)13-6-9-22-11-13/h2-3,6,9-11,14,18,21H,4-5,7-8,12H2,1H3/t17-/m1/s1. The summed E-state index contributed by atoms with van der Waals surface area (Å²) in [5, 5.41) is 16.0. The smallest absolute Gasteiger partial charge is 0.257 e. The van der Waals surface area contributed by atoms with Crippen LogP contribution in [0.5, 0.6) is 0 Å². The monoisotopic (exact) mass is 334 g/mol. The number of likely N-dealkylation sites (tertiary alicyclic amines) is 1. The van der Waals surface area contributed by atoms with Crippen LogP contribution in [0.3, 0.4) is 0 Å². The number of carbonyl (C=O) groups is 1. The molecule has 23 heavy (non-hydrogen) atoms. The Hall–Kier alpha value is -1.63. The number of hydrogen-bond acceptors (Lipinski definition) is 5. The maximum Gasteiger partial charge on any atom is 0.257 e. The molecule has 0 saturated carbocycles. The Balaban J connectivity index is 1.47. The minimum absolute atomic E-state index is 0.0304. The van der Waals surface area contributed by atoms with Crippen molar-refractivity contribution in [3.63, 3.8) is 0 Å². The number of rotatable bonds is 5. The number of nitrogens with zero attached hydrogens (tertiary/aromatic N) is 1. The summed E-state index contributed by atoms with van der Waals surface area (Å²) in [5.74, 6) is 0.0304. The molecule has 0 spiro atoms. The van der Waals surface area contributed by atoms with E-state index in [2.05, 4.69) is 5.32 Å². The van der Waals surface area contributed by atoms with Crippen molar-refractivity contribution < 1.29 is 14.3 Å². The number of aliphatic hydroxyl groups is 1. The van der Waals surface area contributed by atoms with Gasteiger partial charge in [-0.2, -0.15) is 0 Å². The molecule has 0 aliphatic carbocycles. The molecule has 2 N–H and O–H groups in total. The number of piperidine rings is 1. The summed E-state index contributed by atoms with van der Waals surface area (Å²) in [4.78, 5) is 15.1. The molecule has 2 aromatic heterocycles. The summed E-state index contributed by atoms with van der Waals surface area (Å²) in [5.41, 5.74) is -0.241. The van der Waals surface area contributed by atoms with Gasteiger partial charge in [-0.15, -0.1) is 11.3 Å². The van der Waals surface area contributed by atoms with E-state index in [-0.39, 0.29) is 5.91 Å². The van der Waals surface area contributed by atoms with Gasteiger partial charge in [0.15, 0.2) is 0 Å². The molecule has 3 heterocycles. The van der Waals surface area contributed by atoms with E-state index in [1.807, 2.05) is 29.3 Å². The van der Waals surface area contributed by atoms with Crippen LogP contribution in [0.4, 0.5) is 0 Å². The van der Waals surface area contributed by atoms with Crippen molar-refractivity contribution in [2.24, 2.45) is 0 Å². The lowest BCUT2D eigenvalue weighted by molar-refractivity contribution is 0.0511. The first-order valence-electron chi connectivity index (χ1n) is 7.87. The molecule has 0 radical (unpaired) electrons. The Labute approximate surface area is 139 Å². The average Bonchev–Trinajstić information content (AvgIpc) is 3.26. The Morgan fingerprint density at radius 1 is 1.48 bits per heavy atom. The zero-order valence-corrected chi connectivity index (χ0v) is 14.0. The van der Waals surface area contributed by atoms with Gasteiger partial charge in [0.2, 0.25) is 0 Å². The molecule has 0 bridgehead atoms. The van der Waals surface area contributed by atoms with Crippen LogP contribution in [0.2, 0.25) is 0 Å². The minimum atomic E-state index is -0.849. The first kappa shape index (κ1) is 16.2. The molecule has 0 unspecified atom stereocenters. The molecule has 1 aliphatic heterocycles. The van der Waals surface area contributed by atoms with Crippen LogP contribution in [0.15, 0.2) is 40.5 Å². The van der Waals surface area contributed by atoms with E-state index >= 15 is 0 Å². The van der Waals surface area contributed by atoms with Crippen LogP contribution < -0.4 is 5.32 Å². The van der Waals surface area contributed by atoms with E-state index in [1.165, 1.54) is 12.5 Å². The molecule has 1 saturated heterocycles. The van der Waals surface area contributed by atoms with Gasteiger partial charge in [0, 0.05) is 30.6 Å². The fourth-order valence-electron chi connectivity index (χ4n) is 2.87. The van der Waals surface area contributed by atoms with E-state index < -0.39 is 5.60 Å². The second-order valence-electron chi connectivity index (χ2n) is 6.21. The zero-order chi connectivity index (χ0) is 16.3. The molecule has 6 heteroatoms. The summed E-state index contributed by atoms with van der Waals surface area (Å²) in [7, 11) is 0. The second-order valence-corrected chi connectivity index (χ2v) is 7.16. The summed E-state index contributed by atoms with van der Waals surface area (Å²) < 4.78 is 4.97. The molecule has 1 fully saturated rings. The van der Waals surface area contributed by atoms with E-state index in [0.717, 1.165) is 30.8 Å². The summed E-state index contributed by atoms with van der Waals surface area (Å²) in [6.45, 7) is 3.81. The Bertz CT molecular complexity index is 614. The minimum Gasteiger partial charge on any atom is -0.472 e. The van der Waals surface area contributed by atoms with Crippen LogP contribution in [-0.4, -0.2) is 41.6 Å². The largest absolute Gasteiger partial charge is 0.472 e. The molecule has 3 rings (SSSR count). The van der Waals surface area contributed by atoms with E-state index in [9.17, 15) is 9.90 Å². The third-order valence-electron chi connectivity index (χ3n) is 4.34. The highest BCUT2D eigenvalue weighted by Crippen LogP contribution is 2.25. The zero-order valence-electron chi connectivity index (χ0n) is 13.2. The van der Waals surface area contributed by atoms with Crippen molar-refractivity contribution >= 4 is 17.2 Å². The topological polar surface area (TPSA) is 65.7 Å². The normalized spacial score (nSPS) is 18.8. The Morgan fingerprint density at radius 2 is 2.26 bits per heavy atom. The lowest BCUT2D eigenvalue weighted by Gasteiger charge is -2.34. The van der Waals surface area contributed by atoms with Gasteiger partial charge in [0.05, 0.1) is 11.8 Å². The molecule has 1 aliphatic rings. The highest BCUT2D eigenvalue weighted by Gasteiger charge is 2.28. The molecule has 1 atom stereocenters. The molecular formula is C17H22N2O3S. The fourth-order valence-corrected chi connectivity index (χ4v) is 3.66. The van der Waals surface area contributed by atoms with Gasteiger partial charge in [0.1, 0.15) is 11.9 Å². The number of amides is 1. The first-order valence-corrected chi connectivity index (χ1v) is 8.75. The molecular weight excluding hydrogens is 312 g/mol. The summed E-state index contributed by atoms with van der Waals surface area (Å²) in [6.07, 6.45) is 4.80. The van der Waals surface area contributed by atoms with Crippen molar-refractivity contribution in [3.05, 3.63) is 46.5 Å². The van der Waals surface area contributed by atoms with Crippen molar-refractivity contribution in [2.45, 2.75) is 31.4 Å². The molecule has 124 valence electrons. The number of nitrogens with one attached hydrogen (secondary N) is 1. The number of hydrogen-bond donors (Lipinski definition) is 2. The number of furan rings is 1. The first-order chi connectivity index (χ1) is 11.1. The van der Waals surface area contributed by atoms with Gasteiger partial charge in [-0.25, -0.2) is 0 Å². The predicted molar refractivity (Wildman–Crippen MR) is 89.5 cm³/mol. The lowest BCUT2D eigenvalue weighted by Crippen LogP contribution is -2.47. The number of carbonyl (C=O) groups excluding carboxylic acids is 1. The van der Waals surface area contributed by atoms with Gasteiger partial charge in [0.25, 0.3) is 5.91 Å². The second kappa shape index (κ2) is 6.86. The third kappa shape index (κ3) is 3.83. The quantitative estimate of drug-likeness (QED) is 0.881. The van der Waals surface area contributed by atoms with Gasteiger partial charge in [-0.3, -0.25) is 4.79 Å². The Kier molecular flexibility index (Phi) is 4.84. The van der Waals surface area contributed by atoms with Crippen molar-refractivity contribution in [3.8, 4) is 0 Å². The van der Waals surface area contributed by atoms with Crippen LogP contribution in [0.25, 0.3) is 0 Å². The molecule has 5 nitrogen and oxygen atoms in total. The highest BCUT2D eigenvalue weighted by molar-refractivity contribution is 7.10. The van der Waals surface area contributed by atoms with E-state index in [0.29, 0.717) is 18.2 Å². The van der Waals surface area contributed by atoms with Gasteiger partial charge < -0.3 is 19.7 Å². The van der Waals surface area contributed by atoms with Crippen LogP contribution >= 0.6 is 11.3 Å². The SMILES string of the molecule is C[C@@](O)(CNC1CCN(C(=O)c2ccoc2)CC1)c1cccs1. The van der Waals surface area contributed by atoms with Crippen molar-refractivity contribution in [1.82, 2.24) is 10.2 Å². The maximum atomic E-state index is 12.2. The maximum absolute atomic E-state index is 12.2. The van der Waals surface area contributed by atoms with Gasteiger partial charge >= 0.3 is 0 Å². The van der Waals surface area contributed by atoms with Crippen LogP contribution in [0, 0.1) is 0 Å². The molecule has 0 aromatic carbocycles. The van der Waals surface area contributed by atoms with E-state index in [4.69, 9.17) is 4.42 Å². The average molecular weight is 334 g/mol. The molecule has 1 amide bonds. The molecule has 2 aromatic rings. The Morgan fingerprint density at radius 3 is 2.87 bits per heavy atom.